The SMILES string of the molecule is CCN(CCCF)c1ccc(N)cc1. The maximum absolute atomic E-state index is 12.0. The molecule has 0 aromatic heterocycles. The number of halogens is 1. The van der Waals surface area contributed by atoms with Crippen molar-refractivity contribution in [3.8, 4) is 0 Å². The zero-order valence-electron chi connectivity index (χ0n) is 8.54. The molecule has 78 valence electrons. The van der Waals surface area contributed by atoms with Gasteiger partial charge >= 0.3 is 0 Å². The molecule has 0 aliphatic rings. The number of nitrogens with zero attached hydrogens (tertiary/aromatic N) is 1. The highest BCUT2D eigenvalue weighted by Crippen LogP contribution is 2.16. The molecular formula is C11H17FN2. The van der Waals surface area contributed by atoms with Crippen molar-refractivity contribution in [2.24, 2.45) is 0 Å². The van der Waals surface area contributed by atoms with Crippen LogP contribution in [0.1, 0.15) is 13.3 Å². The lowest BCUT2D eigenvalue weighted by Crippen LogP contribution is -2.24. The Morgan fingerprint density at radius 1 is 1.29 bits per heavy atom. The van der Waals surface area contributed by atoms with Gasteiger partial charge in [0.25, 0.3) is 0 Å². The van der Waals surface area contributed by atoms with Crippen molar-refractivity contribution in [1.82, 2.24) is 0 Å². The van der Waals surface area contributed by atoms with E-state index >= 15 is 0 Å². The van der Waals surface area contributed by atoms with Crippen molar-refractivity contribution in [1.29, 1.82) is 0 Å². The number of rotatable bonds is 5. The molecule has 2 N–H and O–H groups in total. The van der Waals surface area contributed by atoms with Gasteiger partial charge in [-0.25, -0.2) is 0 Å². The summed E-state index contributed by atoms with van der Waals surface area (Å²) in [5.41, 5.74) is 7.46. The first-order valence-corrected chi connectivity index (χ1v) is 4.94. The molecule has 0 saturated heterocycles. The van der Waals surface area contributed by atoms with Crippen LogP contribution in [0.2, 0.25) is 0 Å². The quantitative estimate of drug-likeness (QED) is 0.733. The Bertz CT molecular complexity index is 258. The van der Waals surface area contributed by atoms with Gasteiger partial charge in [0.15, 0.2) is 0 Å². The molecule has 0 aliphatic heterocycles. The molecule has 0 aliphatic carbocycles. The Hall–Kier alpha value is -1.25. The van der Waals surface area contributed by atoms with Gasteiger partial charge in [0.2, 0.25) is 0 Å². The van der Waals surface area contributed by atoms with E-state index < -0.39 is 0 Å². The van der Waals surface area contributed by atoms with E-state index in [1.807, 2.05) is 24.3 Å². The molecule has 14 heavy (non-hydrogen) atoms. The summed E-state index contributed by atoms with van der Waals surface area (Å²) in [6.07, 6.45) is 0.582. The maximum Gasteiger partial charge on any atom is 0.0911 e. The summed E-state index contributed by atoms with van der Waals surface area (Å²) in [6.45, 7) is 3.46. The van der Waals surface area contributed by atoms with Crippen molar-refractivity contribution < 1.29 is 4.39 Å². The number of alkyl halides is 1. The Morgan fingerprint density at radius 3 is 2.43 bits per heavy atom. The van der Waals surface area contributed by atoms with E-state index in [-0.39, 0.29) is 6.67 Å². The van der Waals surface area contributed by atoms with Crippen LogP contribution in [-0.4, -0.2) is 19.8 Å². The third-order valence-electron chi connectivity index (χ3n) is 2.20. The number of nitrogen functional groups attached to an aromatic ring is 1. The van der Waals surface area contributed by atoms with Crippen LogP contribution >= 0.6 is 0 Å². The molecule has 3 heteroatoms. The summed E-state index contributed by atoms with van der Waals surface area (Å²) in [4.78, 5) is 2.14. The summed E-state index contributed by atoms with van der Waals surface area (Å²) < 4.78 is 12.0. The Morgan fingerprint density at radius 2 is 1.93 bits per heavy atom. The van der Waals surface area contributed by atoms with Crippen LogP contribution in [-0.2, 0) is 0 Å². The minimum absolute atomic E-state index is 0.258. The minimum atomic E-state index is -0.258. The molecule has 0 saturated carbocycles. The maximum atomic E-state index is 12.0. The summed E-state index contributed by atoms with van der Waals surface area (Å²) in [5, 5.41) is 0. The summed E-state index contributed by atoms with van der Waals surface area (Å²) in [7, 11) is 0. The van der Waals surface area contributed by atoms with Crippen LogP contribution in [0.25, 0.3) is 0 Å². The molecule has 0 bridgehead atoms. The molecule has 2 nitrogen and oxygen atoms in total. The van der Waals surface area contributed by atoms with E-state index in [9.17, 15) is 4.39 Å². The first kappa shape index (κ1) is 10.8. The van der Waals surface area contributed by atoms with Crippen LogP contribution < -0.4 is 10.6 Å². The number of nitrogens with two attached hydrogens (primary N) is 1. The van der Waals surface area contributed by atoms with E-state index in [1.165, 1.54) is 0 Å². The number of anilines is 2. The first-order valence-electron chi connectivity index (χ1n) is 4.94. The normalized spacial score (nSPS) is 10.1. The largest absolute Gasteiger partial charge is 0.399 e. The molecule has 1 aromatic carbocycles. The lowest BCUT2D eigenvalue weighted by Gasteiger charge is -2.22. The highest BCUT2D eigenvalue weighted by Gasteiger charge is 2.02. The summed E-state index contributed by atoms with van der Waals surface area (Å²) in [5.74, 6) is 0. The average molecular weight is 196 g/mol. The molecule has 0 radical (unpaired) electrons. The monoisotopic (exact) mass is 196 g/mol. The molecule has 0 unspecified atom stereocenters. The van der Waals surface area contributed by atoms with E-state index in [1.54, 1.807) is 0 Å². The topological polar surface area (TPSA) is 29.3 Å². The van der Waals surface area contributed by atoms with Gasteiger partial charge in [0.05, 0.1) is 6.67 Å². The lowest BCUT2D eigenvalue weighted by molar-refractivity contribution is 0.472. The molecular weight excluding hydrogens is 179 g/mol. The van der Waals surface area contributed by atoms with Gasteiger partial charge in [-0.15, -0.1) is 0 Å². The van der Waals surface area contributed by atoms with E-state index in [0.29, 0.717) is 6.42 Å². The van der Waals surface area contributed by atoms with Crippen LogP contribution in [0.15, 0.2) is 24.3 Å². The van der Waals surface area contributed by atoms with E-state index in [2.05, 4.69) is 11.8 Å². The molecule has 1 rings (SSSR count). The third kappa shape index (κ3) is 2.91. The second-order valence-electron chi connectivity index (χ2n) is 3.21. The highest BCUT2D eigenvalue weighted by molar-refractivity contribution is 5.52. The van der Waals surface area contributed by atoms with Crippen LogP contribution in [0.5, 0.6) is 0 Å². The minimum Gasteiger partial charge on any atom is -0.399 e. The van der Waals surface area contributed by atoms with E-state index in [0.717, 1.165) is 24.5 Å². The van der Waals surface area contributed by atoms with Gasteiger partial charge in [-0.3, -0.25) is 4.39 Å². The van der Waals surface area contributed by atoms with Crippen molar-refractivity contribution in [3.63, 3.8) is 0 Å². The predicted molar refractivity (Wildman–Crippen MR) is 59.3 cm³/mol. The van der Waals surface area contributed by atoms with Gasteiger partial charge in [0, 0.05) is 24.5 Å². The van der Waals surface area contributed by atoms with Gasteiger partial charge < -0.3 is 10.6 Å². The number of benzene rings is 1. The van der Waals surface area contributed by atoms with Crippen LogP contribution in [0.3, 0.4) is 0 Å². The Kier molecular flexibility index (Phi) is 4.23. The Balaban J connectivity index is 2.64. The zero-order valence-corrected chi connectivity index (χ0v) is 8.54. The van der Waals surface area contributed by atoms with E-state index in [4.69, 9.17) is 5.73 Å². The van der Waals surface area contributed by atoms with Gasteiger partial charge in [-0.05, 0) is 37.6 Å². The fourth-order valence-corrected chi connectivity index (χ4v) is 1.41. The van der Waals surface area contributed by atoms with Crippen molar-refractivity contribution in [3.05, 3.63) is 24.3 Å². The Labute approximate surface area is 84.5 Å². The van der Waals surface area contributed by atoms with Gasteiger partial charge in [0.1, 0.15) is 0 Å². The van der Waals surface area contributed by atoms with Crippen molar-refractivity contribution in [2.75, 3.05) is 30.4 Å². The lowest BCUT2D eigenvalue weighted by atomic mass is 10.2. The second kappa shape index (κ2) is 5.47. The predicted octanol–water partition coefficient (Wildman–Crippen LogP) is 2.45. The van der Waals surface area contributed by atoms with Crippen molar-refractivity contribution >= 4 is 11.4 Å². The zero-order chi connectivity index (χ0) is 10.4. The summed E-state index contributed by atoms with van der Waals surface area (Å²) >= 11 is 0. The van der Waals surface area contributed by atoms with Crippen molar-refractivity contribution in [2.45, 2.75) is 13.3 Å². The van der Waals surface area contributed by atoms with Crippen LogP contribution in [0.4, 0.5) is 15.8 Å². The van der Waals surface area contributed by atoms with Gasteiger partial charge in [-0.2, -0.15) is 0 Å². The molecule has 0 amide bonds. The summed E-state index contributed by atoms with van der Waals surface area (Å²) in [6, 6.07) is 7.68. The fraction of sp³-hybridized carbons (Fsp3) is 0.455. The number of hydrogen-bond donors (Lipinski definition) is 1. The second-order valence-corrected chi connectivity index (χ2v) is 3.21. The molecule has 0 spiro atoms. The molecule has 0 heterocycles. The highest BCUT2D eigenvalue weighted by atomic mass is 19.1. The molecule has 1 aromatic rings. The first-order chi connectivity index (χ1) is 6.77. The molecule has 0 fully saturated rings. The van der Waals surface area contributed by atoms with Gasteiger partial charge in [-0.1, -0.05) is 0 Å². The third-order valence-corrected chi connectivity index (χ3v) is 2.20. The number of hydrogen-bond acceptors (Lipinski definition) is 2. The standard InChI is InChI=1S/C11H17FN2/c1-2-14(9-3-8-12)11-6-4-10(13)5-7-11/h4-7H,2-3,8-9,13H2,1H3. The van der Waals surface area contributed by atoms with Crippen LogP contribution in [0, 0.1) is 0 Å². The molecule has 0 atom stereocenters. The average Bonchev–Trinajstić information content (AvgIpc) is 2.21. The smallest absolute Gasteiger partial charge is 0.0911 e. The fourth-order valence-electron chi connectivity index (χ4n) is 1.41.